The number of carbonyl (C=O) groups excluding carboxylic acids is 1. The van der Waals surface area contributed by atoms with Gasteiger partial charge in [-0.3, -0.25) is 9.69 Å². The Labute approximate surface area is 135 Å². The summed E-state index contributed by atoms with van der Waals surface area (Å²) < 4.78 is 5.82. The number of hydrogen-bond acceptors (Lipinski definition) is 5. The van der Waals surface area contributed by atoms with Crippen molar-refractivity contribution in [3.8, 4) is 0 Å². The predicted octanol–water partition coefficient (Wildman–Crippen LogP) is 2.35. The van der Waals surface area contributed by atoms with Crippen molar-refractivity contribution >= 4 is 17.2 Å². The van der Waals surface area contributed by atoms with Crippen LogP contribution < -0.4 is 0 Å². The lowest BCUT2D eigenvalue weighted by molar-refractivity contribution is -0.131. The first-order valence-electron chi connectivity index (χ1n) is 7.85. The van der Waals surface area contributed by atoms with Gasteiger partial charge in [0.2, 0.25) is 5.91 Å². The van der Waals surface area contributed by atoms with Crippen molar-refractivity contribution in [2.24, 2.45) is 0 Å². The van der Waals surface area contributed by atoms with E-state index < -0.39 is 0 Å². The maximum atomic E-state index is 12.4. The Morgan fingerprint density at radius 1 is 1.59 bits per heavy atom. The smallest absolute Gasteiger partial charge is 0.240 e. The first-order chi connectivity index (χ1) is 10.6. The molecule has 0 radical (unpaired) electrons. The third-order valence-electron chi connectivity index (χ3n) is 4.24. The zero-order chi connectivity index (χ0) is 15.5. The van der Waals surface area contributed by atoms with E-state index in [1.165, 1.54) is 5.70 Å². The molecule has 0 N–H and O–H groups in total. The SMILES string of the molecule is Cc1csc([C@H]2CN(CC(=O)N(C)C3=CCCC3)CCO2)n1. The van der Waals surface area contributed by atoms with E-state index in [-0.39, 0.29) is 12.0 Å². The normalized spacial score (nSPS) is 22.6. The second kappa shape index (κ2) is 6.89. The molecule has 120 valence electrons. The van der Waals surface area contributed by atoms with Gasteiger partial charge in [0.25, 0.3) is 0 Å². The van der Waals surface area contributed by atoms with E-state index in [0.717, 1.165) is 43.1 Å². The molecule has 1 aliphatic heterocycles. The monoisotopic (exact) mass is 321 g/mol. The van der Waals surface area contributed by atoms with Crippen LogP contribution in [-0.2, 0) is 9.53 Å². The van der Waals surface area contributed by atoms with Crippen LogP contribution >= 0.6 is 11.3 Å². The fourth-order valence-electron chi connectivity index (χ4n) is 2.93. The first kappa shape index (κ1) is 15.6. The van der Waals surface area contributed by atoms with E-state index in [1.807, 2.05) is 24.3 Å². The Bertz CT molecular complexity index is 569. The highest BCUT2D eigenvalue weighted by atomic mass is 32.1. The molecule has 3 rings (SSSR count). The van der Waals surface area contributed by atoms with Gasteiger partial charge < -0.3 is 9.64 Å². The molecule has 2 aliphatic rings. The molecule has 0 aromatic carbocycles. The minimum absolute atomic E-state index is 0.00347. The lowest BCUT2D eigenvalue weighted by Gasteiger charge is -2.32. The molecule has 0 saturated carbocycles. The van der Waals surface area contributed by atoms with E-state index in [2.05, 4.69) is 16.0 Å². The Kier molecular flexibility index (Phi) is 4.90. The molecular formula is C16H23N3O2S. The van der Waals surface area contributed by atoms with Gasteiger partial charge in [-0.1, -0.05) is 6.08 Å². The summed E-state index contributed by atoms with van der Waals surface area (Å²) in [5, 5.41) is 3.06. The van der Waals surface area contributed by atoms with Gasteiger partial charge in [-0.2, -0.15) is 0 Å². The molecule has 5 nitrogen and oxygen atoms in total. The van der Waals surface area contributed by atoms with Crippen LogP contribution in [0.1, 0.15) is 36.1 Å². The van der Waals surface area contributed by atoms with Crippen molar-refractivity contribution in [3.05, 3.63) is 27.9 Å². The van der Waals surface area contributed by atoms with Crippen molar-refractivity contribution in [2.45, 2.75) is 32.3 Å². The van der Waals surface area contributed by atoms with Crippen LogP contribution in [0.3, 0.4) is 0 Å². The van der Waals surface area contributed by atoms with Crippen molar-refractivity contribution in [2.75, 3.05) is 33.3 Å². The zero-order valence-corrected chi connectivity index (χ0v) is 14.1. The van der Waals surface area contributed by atoms with Crippen molar-refractivity contribution in [3.63, 3.8) is 0 Å². The molecule has 1 fully saturated rings. The summed E-state index contributed by atoms with van der Waals surface area (Å²) in [6.07, 6.45) is 5.45. The van der Waals surface area contributed by atoms with E-state index in [0.29, 0.717) is 13.2 Å². The highest BCUT2D eigenvalue weighted by Gasteiger charge is 2.27. The van der Waals surface area contributed by atoms with Crippen molar-refractivity contribution in [1.29, 1.82) is 0 Å². The predicted molar refractivity (Wildman–Crippen MR) is 86.7 cm³/mol. The third-order valence-corrected chi connectivity index (χ3v) is 5.30. The first-order valence-corrected chi connectivity index (χ1v) is 8.73. The Morgan fingerprint density at radius 3 is 3.14 bits per heavy atom. The van der Waals surface area contributed by atoms with Gasteiger partial charge in [-0.05, 0) is 26.2 Å². The molecule has 0 unspecified atom stereocenters. The summed E-state index contributed by atoms with van der Waals surface area (Å²) in [6, 6.07) is 0. The minimum atomic E-state index is -0.00347. The number of amides is 1. The van der Waals surface area contributed by atoms with Gasteiger partial charge in [0.15, 0.2) is 0 Å². The quantitative estimate of drug-likeness (QED) is 0.854. The number of nitrogens with zero attached hydrogens (tertiary/aromatic N) is 3. The number of aromatic nitrogens is 1. The van der Waals surface area contributed by atoms with E-state index in [1.54, 1.807) is 11.3 Å². The second-order valence-electron chi connectivity index (χ2n) is 5.96. The fourth-order valence-corrected chi connectivity index (χ4v) is 3.77. The van der Waals surface area contributed by atoms with E-state index in [4.69, 9.17) is 4.74 Å². The highest BCUT2D eigenvalue weighted by molar-refractivity contribution is 7.09. The van der Waals surface area contributed by atoms with Gasteiger partial charge >= 0.3 is 0 Å². The second-order valence-corrected chi connectivity index (χ2v) is 6.85. The molecule has 1 aliphatic carbocycles. The Hall–Kier alpha value is -1.24. The number of aryl methyl sites for hydroxylation is 1. The molecule has 1 aromatic rings. The third kappa shape index (κ3) is 3.56. The largest absolute Gasteiger partial charge is 0.368 e. The number of ether oxygens (including phenoxy) is 1. The van der Waals surface area contributed by atoms with Crippen LogP contribution in [0.25, 0.3) is 0 Å². The molecule has 1 saturated heterocycles. The van der Waals surface area contributed by atoms with Gasteiger partial charge in [-0.25, -0.2) is 4.98 Å². The fraction of sp³-hybridized carbons (Fsp3) is 0.625. The lowest BCUT2D eigenvalue weighted by Crippen LogP contribution is -2.44. The summed E-state index contributed by atoms with van der Waals surface area (Å²) in [4.78, 5) is 20.9. The summed E-state index contributed by atoms with van der Waals surface area (Å²) in [5.41, 5.74) is 2.20. The summed E-state index contributed by atoms with van der Waals surface area (Å²) in [5.74, 6) is 0.170. The number of hydrogen-bond donors (Lipinski definition) is 0. The van der Waals surface area contributed by atoms with Gasteiger partial charge in [0.05, 0.1) is 13.2 Å². The number of morpholine rings is 1. The number of rotatable bonds is 4. The number of likely N-dealkylation sites (N-methyl/N-ethyl adjacent to an activating group) is 1. The lowest BCUT2D eigenvalue weighted by atomic mass is 10.2. The maximum absolute atomic E-state index is 12.4. The highest BCUT2D eigenvalue weighted by Crippen LogP contribution is 2.25. The molecule has 0 bridgehead atoms. The Balaban J connectivity index is 1.57. The average molecular weight is 321 g/mol. The standard InChI is InChI=1S/C16H23N3O2S/c1-12-11-22-16(17-12)14-9-19(7-8-21-14)10-15(20)18(2)13-5-3-4-6-13/h5,11,14H,3-4,6-10H2,1-2H3/t14-/m1/s1. The van der Waals surface area contributed by atoms with Crippen LogP contribution in [0.4, 0.5) is 0 Å². The zero-order valence-electron chi connectivity index (χ0n) is 13.2. The van der Waals surface area contributed by atoms with Crippen LogP contribution in [0.15, 0.2) is 17.2 Å². The summed E-state index contributed by atoms with van der Waals surface area (Å²) >= 11 is 1.64. The number of carbonyl (C=O) groups is 1. The molecule has 2 heterocycles. The minimum Gasteiger partial charge on any atom is -0.368 e. The van der Waals surface area contributed by atoms with Crippen LogP contribution in [-0.4, -0.2) is 54.0 Å². The van der Waals surface area contributed by atoms with Crippen molar-refractivity contribution in [1.82, 2.24) is 14.8 Å². The molecular weight excluding hydrogens is 298 g/mol. The average Bonchev–Trinajstić information content (AvgIpc) is 3.18. The number of thiazole rings is 1. The topological polar surface area (TPSA) is 45.7 Å². The maximum Gasteiger partial charge on any atom is 0.240 e. The molecule has 22 heavy (non-hydrogen) atoms. The van der Waals surface area contributed by atoms with Gasteiger partial charge in [0.1, 0.15) is 11.1 Å². The van der Waals surface area contributed by atoms with E-state index >= 15 is 0 Å². The van der Waals surface area contributed by atoms with Crippen LogP contribution in [0.5, 0.6) is 0 Å². The Morgan fingerprint density at radius 2 is 2.45 bits per heavy atom. The summed E-state index contributed by atoms with van der Waals surface area (Å²) in [6.45, 7) is 4.65. The van der Waals surface area contributed by atoms with Crippen LogP contribution in [0, 0.1) is 6.92 Å². The molecule has 6 heteroatoms. The van der Waals surface area contributed by atoms with Gasteiger partial charge in [-0.15, -0.1) is 11.3 Å². The molecule has 1 amide bonds. The molecule has 1 aromatic heterocycles. The van der Waals surface area contributed by atoms with Gasteiger partial charge in [0, 0.05) is 36.9 Å². The van der Waals surface area contributed by atoms with Crippen LogP contribution in [0.2, 0.25) is 0 Å². The summed E-state index contributed by atoms with van der Waals surface area (Å²) in [7, 11) is 1.89. The van der Waals surface area contributed by atoms with Crippen molar-refractivity contribution < 1.29 is 9.53 Å². The van der Waals surface area contributed by atoms with E-state index in [9.17, 15) is 4.79 Å². The molecule has 0 spiro atoms. The number of allylic oxidation sites excluding steroid dienone is 2. The molecule has 1 atom stereocenters.